The molecule has 8 saturated heterocycles. The highest BCUT2D eigenvalue weighted by Crippen LogP contribution is 2.44. The van der Waals surface area contributed by atoms with Crippen LogP contribution in [0.1, 0.15) is 104 Å². The van der Waals surface area contributed by atoms with Crippen molar-refractivity contribution in [3.8, 4) is 0 Å². The SMILES string of the molecule is C=C1CC2CCC3C[C@H]4OC(C(OC)[C@H]5OC(CCC5CC)CC(=O)CC5[C@@H](OC)C(CC(O)CN)O[C@H]5CC5OC(CCC1O2)C[C@@H](C)C5=C)[C@@H](O)C4O3. The van der Waals surface area contributed by atoms with Crippen molar-refractivity contribution in [1.82, 2.24) is 0 Å². The fourth-order valence-corrected chi connectivity index (χ4v) is 11.1. The van der Waals surface area contributed by atoms with E-state index in [0.29, 0.717) is 12.8 Å². The van der Waals surface area contributed by atoms with E-state index in [2.05, 4.69) is 27.0 Å². The molecule has 10 bridgehead atoms. The molecule has 0 saturated carbocycles. The predicted molar refractivity (Wildman–Crippen MR) is 204 cm³/mol. The van der Waals surface area contributed by atoms with E-state index in [1.807, 2.05) is 0 Å². The molecule has 12 nitrogen and oxygen atoms in total. The highest BCUT2D eigenvalue weighted by Gasteiger charge is 2.56. The molecule has 0 spiro atoms. The number of aliphatic hydroxyl groups excluding tert-OH is 2. The molecule has 0 aromatic heterocycles. The lowest BCUT2D eigenvalue weighted by Gasteiger charge is -2.42. The smallest absolute Gasteiger partial charge is 0.135 e. The lowest BCUT2D eigenvalue weighted by Crippen LogP contribution is -2.53. The molecule has 0 amide bonds. The highest BCUT2D eigenvalue weighted by atomic mass is 16.6. The van der Waals surface area contributed by atoms with E-state index < -0.39 is 42.7 Å². The van der Waals surface area contributed by atoms with E-state index in [-0.39, 0.29) is 97.9 Å². The Balaban J connectivity index is 1.13. The van der Waals surface area contributed by atoms with E-state index in [4.69, 9.17) is 43.6 Å². The number of ether oxygens (including phenoxy) is 8. The van der Waals surface area contributed by atoms with Gasteiger partial charge in [0.05, 0.1) is 73.2 Å². The molecule has 55 heavy (non-hydrogen) atoms. The van der Waals surface area contributed by atoms with E-state index in [1.54, 1.807) is 14.2 Å². The van der Waals surface area contributed by atoms with E-state index in [9.17, 15) is 15.0 Å². The number of carbonyl (C=O) groups excluding carboxylic acids is 1. The normalized spacial score (nSPS) is 47.7. The summed E-state index contributed by atoms with van der Waals surface area (Å²) >= 11 is 0. The minimum Gasteiger partial charge on any atom is -0.392 e. The first-order valence-electron chi connectivity index (χ1n) is 21.4. The Hall–Kier alpha value is -1.29. The number of rotatable bonds is 6. The molecule has 19 atom stereocenters. The number of ketones is 1. The van der Waals surface area contributed by atoms with Crippen molar-refractivity contribution in [2.24, 2.45) is 23.5 Å². The topological polar surface area (TPSA) is 157 Å². The van der Waals surface area contributed by atoms with Gasteiger partial charge >= 0.3 is 0 Å². The molecule has 8 aliphatic rings. The first-order valence-corrected chi connectivity index (χ1v) is 21.4. The van der Waals surface area contributed by atoms with Crippen LogP contribution in [0.3, 0.4) is 0 Å². The summed E-state index contributed by atoms with van der Waals surface area (Å²) < 4.78 is 52.1. The second-order valence-electron chi connectivity index (χ2n) is 17.9. The minimum atomic E-state index is -0.846. The molecule has 0 radical (unpaired) electrons. The van der Waals surface area contributed by atoms with Gasteiger partial charge in [0.1, 0.15) is 30.2 Å². The zero-order valence-electron chi connectivity index (χ0n) is 33.6. The summed E-state index contributed by atoms with van der Waals surface area (Å²) in [6.07, 6.45) is 4.49. The molecule has 4 N–H and O–H groups in total. The van der Waals surface area contributed by atoms with Gasteiger partial charge in [-0.15, -0.1) is 0 Å². The summed E-state index contributed by atoms with van der Waals surface area (Å²) in [7, 11) is 3.30. The molecule has 312 valence electrons. The Morgan fingerprint density at radius 1 is 0.764 bits per heavy atom. The lowest BCUT2D eigenvalue weighted by atomic mass is 9.81. The lowest BCUT2D eigenvalue weighted by molar-refractivity contribution is -0.191. The van der Waals surface area contributed by atoms with Crippen molar-refractivity contribution in [1.29, 1.82) is 0 Å². The van der Waals surface area contributed by atoms with Crippen LogP contribution in [0.5, 0.6) is 0 Å². The third-order valence-electron chi connectivity index (χ3n) is 14.2. The minimum absolute atomic E-state index is 0.00829. The van der Waals surface area contributed by atoms with Gasteiger partial charge in [-0.3, -0.25) is 4.79 Å². The molecule has 0 aromatic rings. The van der Waals surface area contributed by atoms with Crippen molar-refractivity contribution >= 4 is 5.78 Å². The summed E-state index contributed by atoms with van der Waals surface area (Å²) in [5, 5.41) is 22.2. The van der Waals surface area contributed by atoms with Gasteiger partial charge in [0.15, 0.2) is 0 Å². The first-order chi connectivity index (χ1) is 26.5. The Morgan fingerprint density at radius 2 is 1.44 bits per heavy atom. The monoisotopic (exact) mass is 775 g/mol. The van der Waals surface area contributed by atoms with Crippen molar-refractivity contribution in [2.75, 3.05) is 20.8 Å². The van der Waals surface area contributed by atoms with Gasteiger partial charge in [0.2, 0.25) is 0 Å². The van der Waals surface area contributed by atoms with Crippen LogP contribution in [0.4, 0.5) is 0 Å². The number of hydrogen-bond acceptors (Lipinski definition) is 12. The standard InChI is InChI=1S/C43H69NO11/c1-7-25-8-9-30-16-26(45)17-32-35(54-36(40(32)48-5)18-27(46)21-44)20-34-24(4)22(2)14-29(51-34)12-13-33-23(3)15-28(50-33)10-11-31-19-37-41(53-31)38(47)42(55-37)43(49-6)39(25)52-30/h22,25,27-43,46-47H,3-4,7-21,44H2,1-2,5-6H3/t22-,25?,27?,28?,29?,30?,31?,32?,33?,34?,35+,36?,37-,38+,39+,40-,41?,42?,43?/m1/s1. The van der Waals surface area contributed by atoms with Crippen LogP contribution in [0.25, 0.3) is 0 Å². The maximum absolute atomic E-state index is 14.1. The van der Waals surface area contributed by atoms with Crippen molar-refractivity contribution in [3.63, 3.8) is 0 Å². The third-order valence-corrected chi connectivity index (χ3v) is 14.2. The number of Topliss-reactive ketones (excluding diaryl/α,β-unsaturated/α-hetero) is 1. The van der Waals surface area contributed by atoms with Gasteiger partial charge in [-0.05, 0) is 74.3 Å². The van der Waals surface area contributed by atoms with Crippen LogP contribution in [0, 0.1) is 17.8 Å². The van der Waals surface area contributed by atoms with Crippen LogP contribution >= 0.6 is 0 Å². The molecule has 0 aliphatic carbocycles. The fourth-order valence-electron chi connectivity index (χ4n) is 11.1. The summed E-state index contributed by atoms with van der Waals surface area (Å²) in [6.45, 7) is 13.4. The zero-order valence-corrected chi connectivity index (χ0v) is 33.6. The Kier molecular flexibility index (Phi) is 13.9. The zero-order chi connectivity index (χ0) is 39.0. The van der Waals surface area contributed by atoms with Crippen LogP contribution in [0.2, 0.25) is 0 Å². The molecule has 8 fully saturated rings. The molecule has 0 aromatic carbocycles. The van der Waals surface area contributed by atoms with Crippen LogP contribution in [-0.4, -0.2) is 134 Å². The highest BCUT2D eigenvalue weighted by molar-refractivity contribution is 5.79. The van der Waals surface area contributed by atoms with Gasteiger partial charge in [0, 0.05) is 58.8 Å². The van der Waals surface area contributed by atoms with Crippen molar-refractivity contribution in [3.05, 3.63) is 24.3 Å². The number of hydrogen-bond donors (Lipinski definition) is 3. The number of methoxy groups -OCH3 is 2. The Bertz CT molecular complexity index is 1330. The van der Waals surface area contributed by atoms with Gasteiger partial charge in [-0.25, -0.2) is 0 Å². The van der Waals surface area contributed by atoms with Gasteiger partial charge in [0.25, 0.3) is 0 Å². The van der Waals surface area contributed by atoms with Crippen molar-refractivity contribution in [2.45, 2.75) is 201 Å². The average molecular weight is 776 g/mol. The maximum atomic E-state index is 14.1. The second-order valence-corrected chi connectivity index (χ2v) is 17.9. The maximum Gasteiger partial charge on any atom is 0.135 e. The second kappa shape index (κ2) is 18.3. The first kappa shape index (κ1) is 41.9. The average Bonchev–Trinajstić information content (AvgIpc) is 3.90. The summed E-state index contributed by atoms with van der Waals surface area (Å²) in [5.74, 6) is 0.295. The Morgan fingerprint density at radius 3 is 2.16 bits per heavy atom. The van der Waals surface area contributed by atoms with Crippen LogP contribution in [-0.2, 0) is 42.7 Å². The Labute approximate surface area is 328 Å². The van der Waals surface area contributed by atoms with Crippen LogP contribution < -0.4 is 5.73 Å². The summed E-state index contributed by atoms with van der Waals surface area (Å²) in [6, 6.07) is 0. The molecular formula is C43H69NO11. The van der Waals surface area contributed by atoms with E-state index >= 15 is 0 Å². The summed E-state index contributed by atoms with van der Waals surface area (Å²) in [5.41, 5.74) is 8.01. The number of fused-ring (bicyclic) bond motifs is 4. The molecular weight excluding hydrogens is 706 g/mol. The van der Waals surface area contributed by atoms with Crippen LogP contribution in [0.15, 0.2) is 24.3 Å². The molecule has 8 aliphatic heterocycles. The number of nitrogens with two attached hydrogens (primary N) is 1. The van der Waals surface area contributed by atoms with Crippen molar-refractivity contribution < 1.29 is 52.9 Å². The van der Waals surface area contributed by atoms with Gasteiger partial charge < -0.3 is 53.8 Å². The van der Waals surface area contributed by atoms with E-state index in [1.165, 1.54) is 0 Å². The number of aliphatic hydroxyl groups is 2. The predicted octanol–water partition coefficient (Wildman–Crippen LogP) is 4.35. The molecule has 8 heterocycles. The largest absolute Gasteiger partial charge is 0.392 e. The fraction of sp³-hybridized carbons (Fsp3) is 0.884. The van der Waals surface area contributed by atoms with Gasteiger partial charge in [-0.2, -0.15) is 0 Å². The summed E-state index contributed by atoms with van der Waals surface area (Å²) in [4.78, 5) is 14.1. The van der Waals surface area contributed by atoms with E-state index in [0.717, 1.165) is 75.4 Å². The third kappa shape index (κ3) is 9.15. The molecule has 8 rings (SSSR count). The molecule has 12 heteroatoms. The quantitative estimate of drug-likeness (QED) is 0.329. The molecule has 13 unspecified atom stereocenters. The van der Waals surface area contributed by atoms with Gasteiger partial charge in [-0.1, -0.05) is 33.4 Å². The number of carbonyl (C=O) groups is 1.